The van der Waals surface area contributed by atoms with Gasteiger partial charge in [0, 0.05) is 57.9 Å². The Kier molecular flexibility index (Phi) is 13.6. The third kappa shape index (κ3) is 9.59. The molecule has 2 N–H and O–H groups in total. The number of carbonyl (C=O) groups excluding carboxylic acids is 1. The summed E-state index contributed by atoms with van der Waals surface area (Å²) in [6.07, 6.45) is -7.44. The number of fused-ring (bicyclic) bond motifs is 4. The van der Waals surface area contributed by atoms with Crippen molar-refractivity contribution >= 4 is 57.0 Å². The molecule has 5 aromatic rings. The molecule has 1 amide bonds. The van der Waals surface area contributed by atoms with Crippen LogP contribution in [0.5, 0.6) is 0 Å². The first-order chi connectivity index (χ1) is 29.8. The third-order valence-electron chi connectivity index (χ3n) is 10.8. The Hall–Kier alpha value is -4.81. The number of benzene rings is 2. The largest absolute Gasteiger partial charge is 0.435 e. The van der Waals surface area contributed by atoms with Gasteiger partial charge in [-0.25, -0.2) is 13.8 Å². The van der Waals surface area contributed by atoms with Crippen molar-refractivity contribution < 1.29 is 52.9 Å². The van der Waals surface area contributed by atoms with Gasteiger partial charge in [-0.05, 0) is 68.0 Å². The molecule has 64 heavy (non-hydrogen) atoms. The average Bonchev–Trinajstić information content (AvgIpc) is 3.41. The van der Waals surface area contributed by atoms with Crippen molar-refractivity contribution in [3.8, 4) is 23.0 Å². The molecule has 0 radical (unpaired) electrons. The molecule has 1 saturated carbocycles. The molecule has 7 rings (SSSR count). The maximum atomic E-state index is 15.7. The van der Waals surface area contributed by atoms with Gasteiger partial charge >= 0.3 is 12.4 Å². The van der Waals surface area contributed by atoms with Crippen molar-refractivity contribution in [2.75, 3.05) is 17.2 Å². The quantitative estimate of drug-likeness (QED) is 0.0771. The molecule has 0 aliphatic heterocycles. The van der Waals surface area contributed by atoms with Gasteiger partial charge in [0.1, 0.15) is 40.9 Å². The molecule has 0 saturated heterocycles. The van der Waals surface area contributed by atoms with E-state index in [1.807, 2.05) is 13.8 Å². The van der Waals surface area contributed by atoms with Gasteiger partial charge in [-0.2, -0.15) is 45.3 Å². The van der Waals surface area contributed by atoms with Crippen LogP contribution in [-0.2, 0) is 47.2 Å². The van der Waals surface area contributed by atoms with Gasteiger partial charge in [0.2, 0.25) is 5.91 Å². The summed E-state index contributed by atoms with van der Waals surface area (Å²) >= 11 is 7.58. The standard InChI is InChI=1S/C40H34ClF10N7O2S2.C2H6/c1-18-28-30-34(40(49,50)51)54-57(35(30)39(47,48)31(18)28)16-27(59)53-26(14-19-12-20(42)15-21(43)13-19)32-23(7-6-22(52-32)10-11-37(2,3)62(5)60)24-8-9-25(41)29-33(24)58(17-38(44,45)46)55-36(29)56-61-4;1-2/h6-9,12-13,15,18,26,28,31H,14,16-17H2,1-5H3,(H,53,59)(H,55,56);1-2H3. The molecular formula is C42H40ClF10N7O2S2. The molecule has 22 heteroatoms. The third-order valence-corrected chi connectivity index (χ3v) is 13.1. The van der Waals surface area contributed by atoms with E-state index >= 15 is 8.78 Å². The number of hydrogen-bond donors (Lipinski definition) is 2. The molecule has 0 spiro atoms. The summed E-state index contributed by atoms with van der Waals surface area (Å²) in [7, 11) is -1.48. The minimum absolute atomic E-state index is 0.00517. The monoisotopic (exact) mass is 963 g/mol. The summed E-state index contributed by atoms with van der Waals surface area (Å²) in [6.45, 7) is 5.80. The Morgan fingerprint density at radius 3 is 2.23 bits per heavy atom. The zero-order valence-electron chi connectivity index (χ0n) is 35.0. The molecule has 5 atom stereocenters. The minimum atomic E-state index is -5.14. The molecule has 9 nitrogen and oxygen atoms in total. The Balaban J connectivity index is 0.00000335. The average molecular weight is 964 g/mol. The smallest absolute Gasteiger partial charge is 0.346 e. The first-order valence-corrected chi connectivity index (χ1v) is 22.7. The first kappa shape index (κ1) is 48.6. The van der Waals surface area contributed by atoms with Crippen LogP contribution in [-0.4, -0.2) is 58.1 Å². The zero-order valence-corrected chi connectivity index (χ0v) is 37.4. The van der Waals surface area contributed by atoms with Crippen molar-refractivity contribution in [1.29, 1.82) is 0 Å². The fraction of sp³-hybridized carbons (Fsp3) is 0.429. The maximum absolute atomic E-state index is 15.7. The van der Waals surface area contributed by atoms with Gasteiger partial charge in [0.05, 0.1) is 27.7 Å². The predicted octanol–water partition coefficient (Wildman–Crippen LogP) is 10.6. The highest BCUT2D eigenvalue weighted by Crippen LogP contribution is 2.71. The predicted molar refractivity (Wildman–Crippen MR) is 225 cm³/mol. The van der Waals surface area contributed by atoms with E-state index < -0.39 is 112 Å². The van der Waals surface area contributed by atoms with E-state index in [0.717, 1.165) is 24.1 Å². The van der Waals surface area contributed by atoms with Crippen LogP contribution >= 0.6 is 23.5 Å². The highest BCUT2D eigenvalue weighted by molar-refractivity contribution is 7.99. The highest BCUT2D eigenvalue weighted by atomic mass is 35.5. The number of pyridine rings is 1. The van der Waals surface area contributed by atoms with E-state index in [9.17, 15) is 44.1 Å². The molecule has 2 aromatic carbocycles. The van der Waals surface area contributed by atoms with Gasteiger partial charge in [0.15, 0.2) is 11.5 Å². The van der Waals surface area contributed by atoms with Gasteiger partial charge in [-0.15, -0.1) is 0 Å². The van der Waals surface area contributed by atoms with E-state index in [-0.39, 0.29) is 49.8 Å². The van der Waals surface area contributed by atoms with Crippen LogP contribution in [0.4, 0.5) is 49.7 Å². The lowest BCUT2D eigenvalue weighted by Crippen LogP contribution is -2.35. The molecule has 2 aliphatic carbocycles. The second-order valence-electron chi connectivity index (χ2n) is 15.5. The van der Waals surface area contributed by atoms with E-state index in [2.05, 4.69) is 37.1 Å². The van der Waals surface area contributed by atoms with Crippen LogP contribution in [0.2, 0.25) is 5.02 Å². The van der Waals surface area contributed by atoms with Crippen LogP contribution in [0.3, 0.4) is 0 Å². The molecule has 344 valence electrons. The van der Waals surface area contributed by atoms with Crippen molar-refractivity contribution in [2.45, 2.75) is 89.1 Å². The summed E-state index contributed by atoms with van der Waals surface area (Å²) < 4.78 is 161. The van der Waals surface area contributed by atoms with E-state index in [4.69, 9.17) is 11.6 Å². The van der Waals surface area contributed by atoms with Crippen LogP contribution < -0.4 is 10.0 Å². The summed E-state index contributed by atoms with van der Waals surface area (Å²) in [4.78, 5) is 18.7. The van der Waals surface area contributed by atoms with E-state index in [1.54, 1.807) is 20.1 Å². The number of halogens is 11. The lowest BCUT2D eigenvalue weighted by atomic mass is 9.93. The lowest BCUT2D eigenvalue weighted by Gasteiger charge is -2.23. The van der Waals surface area contributed by atoms with Gasteiger partial charge in [-0.1, -0.05) is 56.3 Å². The molecule has 3 heterocycles. The lowest BCUT2D eigenvalue weighted by molar-refractivity contribution is -0.143. The molecule has 0 bridgehead atoms. The minimum Gasteiger partial charge on any atom is -0.346 e. The second-order valence-corrected chi connectivity index (χ2v) is 18.4. The number of amides is 1. The maximum Gasteiger partial charge on any atom is 0.435 e. The fourth-order valence-electron chi connectivity index (χ4n) is 7.92. The van der Waals surface area contributed by atoms with Crippen LogP contribution in [0, 0.1) is 35.3 Å². The highest BCUT2D eigenvalue weighted by Gasteiger charge is 2.72. The zero-order chi connectivity index (χ0) is 47.4. The number of hydrogen-bond acceptors (Lipinski definition) is 7. The number of nitrogens with one attached hydrogen (secondary N) is 2. The summed E-state index contributed by atoms with van der Waals surface area (Å²) in [6, 6.07) is 6.39. The molecular weight excluding hydrogens is 924 g/mol. The number of rotatable bonds is 11. The summed E-state index contributed by atoms with van der Waals surface area (Å²) in [5.74, 6) is -4.74. The molecule has 2 aliphatic rings. The summed E-state index contributed by atoms with van der Waals surface area (Å²) in [5.41, 5.74) is -3.72. The second kappa shape index (κ2) is 17.9. The number of alkyl halides is 8. The van der Waals surface area contributed by atoms with Crippen molar-refractivity contribution in [3.63, 3.8) is 0 Å². The molecule has 5 unspecified atom stereocenters. The Morgan fingerprint density at radius 2 is 1.64 bits per heavy atom. The SMILES string of the molecule is CC.CSNc1nn(CC(F)(F)F)c2c(-c3ccc(C#CC(C)(C)S(C)=O)nc3C(Cc3cc(F)cc(F)c3)NC(=O)Cn3nc(C(F)(F)F)c4c3C(F)(F)C3C(C)C43)ccc(Cl)c12. The Labute approximate surface area is 372 Å². The fourth-order valence-corrected chi connectivity index (χ4v) is 8.69. The van der Waals surface area contributed by atoms with Crippen molar-refractivity contribution in [2.24, 2.45) is 11.8 Å². The first-order valence-electron chi connectivity index (χ1n) is 19.6. The summed E-state index contributed by atoms with van der Waals surface area (Å²) in [5, 5.41) is 10.2. The molecule has 3 aromatic heterocycles. The van der Waals surface area contributed by atoms with Gasteiger partial charge < -0.3 is 10.0 Å². The normalized spacial score (nSPS) is 18.6. The van der Waals surface area contributed by atoms with Gasteiger partial charge in [0.25, 0.3) is 5.92 Å². The van der Waals surface area contributed by atoms with Crippen LogP contribution in [0.25, 0.3) is 22.0 Å². The number of nitrogens with zero attached hydrogens (tertiary/aromatic N) is 5. The van der Waals surface area contributed by atoms with Crippen LogP contribution in [0.15, 0.2) is 42.5 Å². The van der Waals surface area contributed by atoms with E-state index in [0.29, 0.717) is 15.4 Å². The van der Waals surface area contributed by atoms with Crippen LogP contribution in [0.1, 0.15) is 80.5 Å². The van der Waals surface area contributed by atoms with Crippen molar-refractivity contribution in [1.82, 2.24) is 29.9 Å². The number of aromatic nitrogens is 5. The van der Waals surface area contributed by atoms with Gasteiger partial charge in [-0.3, -0.25) is 18.4 Å². The van der Waals surface area contributed by atoms with Crippen molar-refractivity contribution in [3.05, 3.63) is 93.0 Å². The molecule has 1 fully saturated rings. The number of anilines is 1. The Morgan fingerprint density at radius 1 is 1.00 bits per heavy atom. The Bertz CT molecular complexity index is 2690. The van der Waals surface area contributed by atoms with E-state index in [1.165, 1.54) is 37.4 Å². The topological polar surface area (TPSA) is 107 Å². The number of carbonyl (C=O) groups is 1.